The normalized spacial score (nSPS) is 11.0. The van der Waals surface area contributed by atoms with Crippen LogP contribution in [0.25, 0.3) is 16.7 Å². The number of carbonyl (C=O) groups is 1. The molecule has 0 saturated carbocycles. The number of aryl methyl sites for hydroxylation is 3. The van der Waals surface area contributed by atoms with Crippen molar-refractivity contribution in [1.29, 1.82) is 0 Å². The van der Waals surface area contributed by atoms with Crippen molar-refractivity contribution in [3.05, 3.63) is 77.4 Å². The Balaban J connectivity index is 1.41. The number of nitrogens with one attached hydrogen (secondary N) is 1. The number of rotatable bonds is 8. The molecule has 1 aromatic heterocycles. The zero-order valence-electron chi connectivity index (χ0n) is 18.8. The van der Waals surface area contributed by atoms with Crippen molar-refractivity contribution in [1.82, 2.24) is 15.0 Å². The van der Waals surface area contributed by atoms with Crippen molar-refractivity contribution >= 4 is 22.6 Å². The number of hydrogen-bond donors (Lipinski definition) is 1. The fourth-order valence-corrected chi connectivity index (χ4v) is 3.59. The van der Waals surface area contributed by atoms with Crippen molar-refractivity contribution in [3.63, 3.8) is 0 Å². The molecule has 6 nitrogen and oxygen atoms in total. The minimum Gasteiger partial charge on any atom is -0.483 e. The Bertz CT molecular complexity index is 1230. The van der Waals surface area contributed by atoms with Gasteiger partial charge in [0.05, 0.1) is 5.69 Å². The van der Waals surface area contributed by atoms with Crippen molar-refractivity contribution in [3.8, 4) is 11.4 Å². The van der Waals surface area contributed by atoms with Crippen LogP contribution in [0.15, 0.2) is 60.7 Å². The van der Waals surface area contributed by atoms with Gasteiger partial charge in [-0.25, -0.2) is 0 Å². The molecule has 0 unspecified atom stereocenters. The molecular weight excluding hydrogens is 400 g/mol. The number of hydrogen-bond acceptors (Lipinski definition) is 4. The maximum Gasteiger partial charge on any atom is 0.262 e. The second-order valence-corrected chi connectivity index (χ2v) is 8.07. The van der Waals surface area contributed by atoms with E-state index in [4.69, 9.17) is 4.74 Å². The highest BCUT2D eigenvalue weighted by molar-refractivity contribution is 5.93. The molecule has 0 aliphatic carbocycles. The van der Waals surface area contributed by atoms with Gasteiger partial charge in [0.15, 0.2) is 6.61 Å². The molecule has 0 aliphatic rings. The fourth-order valence-electron chi connectivity index (χ4n) is 3.59. The summed E-state index contributed by atoms with van der Waals surface area (Å²) in [6.45, 7) is 6.13. The van der Waals surface area contributed by atoms with Gasteiger partial charge in [0.2, 0.25) is 0 Å². The first-order valence-corrected chi connectivity index (χ1v) is 11.0. The third-order valence-corrected chi connectivity index (χ3v) is 5.34. The largest absolute Gasteiger partial charge is 0.483 e. The zero-order chi connectivity index (χ0) is 22.5. The lowest BCUT2D eigenvalue weighted by atomic mass is 10.1. The van der Waals surface area contributed by atoms with Crippen LogP contribution < -0.4 is 10.1 Å². The smallest absolute Gasteiger partial charge is 0.262 e. The maximum absolute atomic E-state index is 12.4. The monoisotopic (exact) mass is 428 g/mol. The van der Waals surface area contributed by atoms with E-state index in [0.29, 0.717) is 17.0 Å². The van der Waals surface area contributed by atoms with Gasteiger partial charge in [-0.05, 0) is 74.2 Å². The summed E-state index contributed by atoms with van der Waals surface area (Å²) in [6, 6.07) is 19.7. The molecular formula is C26H28N4O2. The van der Waals surface area contributed by atoms with E-state index in [1.54, 1.807) is 4.80 Å². The zero-order valence-corrected chi connectivity index (χ0v) is 18.8. The summed E-state index contributed by atoms with van der Waals surface area (Å²) >= 11 is 0. The van der Waals surface area contributed by atoms with Crippen LogP contribution in [0.1, 0.15) is 36.5 Å². The van der Waals surface area contributed by atoms with Crippen LogP contribution in [0.5, 0.6) is 5.75 Å². The van der Waals surface area contributed by atoms with E-state index in [-0.39, 0.29) is 12.5 Å². The number of nitrogens with zero attached hydrogens (tertiary/aromatic N) is 3. The predicted octanol–water partition coefficient (Wildman–Crippen LogP) is 5.40. The molecule has 0 fully saturated rings. The van der Waals surface area contributed by atoms with Crippen molar-refractivity contribution in [2.75, 3.05) is 11.9 Å². The Morgan fingerprint density at radius 1 is 0.969 bits per heavy atom. The summed E-state index contributed by atoms with van der Waals surface area (Å²) in [4.78, 5) is 14.0. The van der Waals surface area contributed by atoms with Gasteiger partial charge in [-0.2, -0.15) is 4.80 Å². The van der Waals surface area contributed by atoms with E-state index in [9.17, 15) is 4.79 Å². The molecule has 6 heteroatoms. The molecule has 0 saturated heterocycles. The number of benzene rings is 3. The lowest BCUT2D eigenvalue weighted by Crippen LogP contribution is -2.20. The molecule has 0 radical (unpaired) electrons. The van der Waals surface area contributed by atoms with Crippen molar-refractivity contribution in [2.45, 2.75) is 40.0 Å². The molecule has 32 heavy (non-hydrogen) atoms. The van der Waals surface area contributed by atoms with Gasteiger partial charge in [-0.15, -0.1) is 10.2 Å². The van der Waals surface area contributed by atoms with Gasteiger partial charge in [0, 0.05) is 5.69 Å². The summed E-state index contributed by atoms with van der Waals surface area (Å²) in [5, 5.41) is 12.0. The van der Waals surface area contributed by atoms with Crippen LogP contribution in [-0.4, -0.2) is 27.5 Å². The summed E-state index contributed by atoms with van der Waals surface area (Å²) in [5.74, 6) is 0.490. The SMILES string of the molecule is CCCCc1ccc(-n2nc3ccc(NC(=O)COc4ccc(C)cc4C)cc3n2)cc1. The van der Waals surface area contributed by atoms with Gasteiger partial charge in [0.1, 0.15) is 16.8 Å². The topological polar surface area (TPSA) is 69.0 Å². The van der Waals surface area contributed by atoms with E-state index in [1.807, 2.05) is 62.4 Å². The standard InChI is InChI=1S/C26H28N4O2/c1-4-5-6-20-8-11-22(12-9-20)30-28-23-13-10-21(16-24(23)29-30)27-26(31)17-32-25-14-7-18(2)15-19(25)3/h7-16H,4-6,17H2,1-3H3,(H,27,31). The molecule has 0 aliphatic heterocycles. The third kappa shape index (κ3) is 5.14. The summed E-state index contributed by atoms with van der Waals surface area (Å²) < 4.78 is 5.67. The third-order valence-electron chi connectivity index (χ3n) is 5.34. The average Bonchev–Trinajstić information content (AvgIpc) is 3.21. The Labute approximate surface area is 188 Å². The lowest BCUT2D eigenvalue weighted by Gasteiger charge is -2.10. The van der Waals surface area contributed by atoms with Crippen LogP contribution in [0, 0.1) is 13.8 Å². The maximum atomic E-state index is 12.4. The molecule has 164 valence electrons. The molecule has 0 bridgehead atoms. The van der Waals surface area contributed by atoms with Gasteiger partial charge in [-0.1, -0.05) is 43.2 Å². The second-order valence-electron chi connectivity index (χ2n) is 8.07. The summed E-state index contributed by atoms with van der Waals surface area (Å²) in [7, 11) is 0. The fraction of sp³-hybridized carbons (Fsp3) is 0.269. The molecule has 0 spiro atoms. The number of ether oxygens (including phenoxy) is 1. The first kappa shape index (κ1) is 21.6. The number of unbranched alkanes of at least 4 members (excludes halogenated alkanes) is 1. The minimum atomic E-state index is -0.223. The number of amides is 1. The second kappa shape index (κ2) is 9.64. The number of anilines is 1. The molecule has 3 aromatic carbocycles. The Kier molecular flexibility index (Phi) is 6.50. The summed E-state index contributed by atoms with van der Waals surface area (Å²) in [5.41, 5.74) is 6.54. The van der Waals surface area contributed by atoms with Crippen LogP contribution in [0.3, 0.4) is 0 Å². The molecule has 4 aromatic rings. The minimum absolute atomic E-state index is 0.0565. The van der Waals surface area contributed by atoms with Gasteiger partial charge < -0.3 is 10.1 Å². The van der Waals surface area contributed by atoms with E-state index in [0.717, 1.165) is 28.8 Å². The first-order chi connectivity index (χ1) is 15.5. The lowest BCUT2D eigenvalue weighted by molar-refractivity contribution is -0.118. The molecule has 1 N–H and O–H groups in total. The van der Waals surface area contributed by atoms with Crippen LogP contribution in [-0.2, 0) is 11.2 Å². The van der Waals surface area contributed by atoms with E-state index >= 15 is 0 Å². The Morgan fingerprint density at radius 3 is 2.50 bits per heavy atom. The van der Waals surface area contributed by atoms with Crippen LogP contribution in [0.4, 0.5) is 5.69 Å². The molecule has 1 heterocycles. The molecule has 0 atom stereocenters. The van der Waals surface area contributed by atoms with Crippen LogP contribution in [0.2, 0.25) is 0 Å². The summed E-state index contributed by atoms with van der Waals surface area (Å²) in [6.07, 6.45) is 3.46. The van der Waals surface area contributed by atoms with Gasteiger partial charge in [-0.3, -0.25) is 4.79 Å². The van der Waals surface area contributed by atoms with Crippen molar-refractivity contribution in [2.24, 2.45) is 0 Å². The van der Waals surface area contributed by atoms with E-state index < -0.39 is 0 Å². The highest BCUT2D eigenvalue weighted by Gasteiger charge is 2.09. The van der Waals surface area contributed by atoms with E-state index in [2.05, 4.69) is 34.6 Å². The van der Waals surface area contributed by atoms with E-state index in [1.165, 1.54) is 18.4 Å². The Hall–Kier alpha value is -3.67. The number of fused-ring (bicyclic) bond motifs is 1. The van der Waals surface area contributed by atoms with Gasteiger partial charge >= 0.3 is 0 Å². The first-order valence-electron chi connectivity index (χ1n) is 11.0. The highest BCUT2D eigenvalue weighted by atomic mass is 16.5. The average molecular weight is 429 g/mol. The van der Waals surface area contributed by atoms with Crippen LogP contribution >= 0.6 is 0 Å². The van der Waals surface area contributed by atoms with Crippen molar-refractivity contribution < 1.29 is 9.53 Å². The number of carbonyl (C=O) groups excluding carboxylic acids is 1. The molecule has 4 rings (SSSR count). The molecule has 1 amide bonds. The van der Waals surface area contributed by atoms with Gasteiger partial charge in [0.25, 0.3) is 5.91 Å². The quantitative estimate of drug-likeness (QED) is 0.408. The Morgan fingerprint density at radius 2 is 1.75 bits per heavy atom. The number of aromatic nitrogens is 3. The predicted molar refractivity (Wildman–Crippen MR) is 128 cm³/mol. The highest BCUT2D eigenvalue weighted by Crippen LogP contribution is 2.20.